The Hall–Kier alpha value is 1.41. The van der Waals surface area contributed by atoms with Crippen LogP contribution in [0.25, 0.3) is 0 Å². The van der Waals surface area contributed by atoms with Crippen LogP contribution in [0.3, 0.4) is 0 Å². The molecule has 0 amide bonds. The molecule has 0 aliphatic heterocycles. The fourth-order valence-electron chi connectivity index (χ4n) is 0.558. The van der Waals surface area contributed by atoms with Gasteiger partial charge in [0.25, 0.3) is 0 Å². The first-order chi connectivity index (χ1) is 4.83. The van der Waals surface area contributed by atoms with E-state index >= 15 is 0 Å². The number of rotatable bonds is 4. The molecule has 0 aromatic rings. The molecule has 0 spiro atoms. The van der Waals surface area contributed by atoms with Gasteiger partial charge in [-0.1, -0.05) is 0 Å². The van der Waals surface area contributed by atoms with Crippen LogP contribution in [-0.2, 0) is 17.1 Å². The summed E-state index contributed by atoms with van der Waals surface area (Å²) in [6.07, 6.45) is 0. The Bertz CT molecular complexity index is 30.2. The van der Waals surface area contributed by atoms with Gasteiger partial charge in [0.05, 0.1) is 0 Å². The monoisotopic (exact) mass is 310 g/mol. The topological polar surface area (TPSA) is 0 Å². The molecular formula is C8H20TeZn. The van der Waals surface area contributed by atoms with Gasteiger partial charge in [0.1, 0.15) is 0 Å². The summed E-state index contributed by atoms with van der Waals surface area (Å²) < 4.78 is 2.95. The van der Waals surface area contributed by atoms with Crippen molar-refractivity contribution >= 4 is 20.9 Å². The minimum absolute atomic E-state index is 0.0972. The van der Waals surface area contributed by atoms with Crippen molar-refractivity contribution in [1.29, 1.82) is 0 Å². The van der Waals surface area contributed by atoms with E-state index in [9.17, 15) is 0 Å². The Kier molecular flexibility index (Phi) is 23.4. The van der Waals surface area contributed by atoms with Crippen molar-refractivity contribution in [3.8, 4) is 0 Å². The van der Waals surface area contributed by atoms with Crippen LogP contribution in [0.2, 0.25) is 19.0 Å². The molecule has 0 aliphatic carbocycles. The third-order valence-corrected chi connectivity index (χ3v) is 6.41. The van der Waals surface area contributed by atoms with E-state index < -0.39 is 0 Å². The molecule has 0 bridgehead atoms. The second-order valence-electron chi connectivity index (χ2n) is 2.14. The normalized spacial score (nSPS) is 7.60. The van der Waals surface area contributed by atoms with Gasteiger partial charge in [-0.25, -0.2) is 0 Å². The van der Waals surface area contributed by atoms with Crippen molar-refractivity contribution in [1.82, 2.24) is 0 Å². The van der Waals surface area contributed by atoms with Crippen LogP contribution in [0.1, 0.15) is 27.7 Å². The van der Waals surface area contributed by atoms with E-state index in [1.54, 1.807) is 0 Å². The van der Waals surface area contributed by atoms with Crippen LogP contribution in [0.15, 0.2) is 0 Å². The molecule has 0 atom stereocenters. The van der Waals surface area contributed by atoms with Crippen LogP contribution >= 0.6 is 0 Å². The third-order valence-electron chi connectivity index (χ3n) is 1.12. The van der Waals surface area contributed by atoms with E-state index in [-0.39, 0.29) is 17.1 Å². The molecule has 0 heterocycles. The average molecular weight is 309 g/mol. The van der Waals surface area contributed by atoms with Crippen LogP contribution in [0.4, 0.5) is 0 Å². The second-order valence-corrected chi connectivity index (χ2v) is 12.3. The molecule has 0 N–H and O–H groups in total. The van der Waals surface area contributed by atoms with Gasteiger partial charge in [-0.2, -0.15) is 0 Å². The molecule has 0 nitrogen and oxygen atoms in total. The molecular weight excluding hydrogens is 289 g/mol. The van der Waals surface area contributed by atoms with Crippen molar-refractivity contribution in [3.63, 3.8) is 0 Å². The summed E-state index contributed by atoms with van der Waals surface area (Å²) in [6, 6.07) is 0. The minimum atomic E-state index is 0.0972. The Morgan fingerprint density at radius 2 is 1.30 bits per heavy atom. The molecule has 0 aromatic carbocycles. The zero-order chi connectivity index (χ0) is 8.24. The zero-order valence-corrected chi connectivity index (χ0v) is 13.2. The van der Waals surface area contributed by atoms with Gasteiger partial charge in [0, 0.05) is 0 Å². The van der Waals surface area contributed by atoms with Gasteiger partial charge in [-0.05, 0) is 0 Å². The zero-order valence-electron chi connectivity index (χ0n) is 7.94. The molecule has 2 heteroatoms. The van der Waals surface area contributed by atoms with Crippen molar-refractivity contribution in [2.45, 2.75) is 46.7 Å². The molecule has 0 aromatic heterocycles. The summed E-state index contributed by atoms with van der Waals surface area (Å²) in [6.45, 7) is 9.13. The summed E-state index contributed by atoms with van der Waals surface area (Å²) in [4.78, 5) is 0. The van der Waals surface area contributed by atoms with Crippen molar-refractivity contribution in [2.24, 2.45) is 0 Å². The first kappa shape index (κ1) is 14.0. The number of hydrogen-bond donors (Lipinski definition) is 0. The second kappa shape index (κ2) is 16.8. The first-order valence-corrected chi connectivity index (χ1v) is 11.9. The molecule has 0 fully saturated rings. The van der Waals surface area contributed by atoms with Gasteiger partial charge in [0.2, 0.25) is 0 Å². The van der Waals surface area contributed by atoms with Crippen LogP contribution < -0.4 is 0 Å². The van der Waals surface area contributed by atoms with Crippen molar-refractivity contribution < 1.29 is 17.1 Å². The standard InChI is InChI=1S/C4H10Te.2C2H5.Zn/c1-3-5-4-2;2*1-2;/h3-4H2,1-2H3;2*1H2,2H3;. The maximum absolute atomic E-state index is 2.30. The van der Waals surface area contributed by atoms with Crippen molar-refractivity contribution in [2.75, 3.05) is 0 Å². The predicted molar refractivity (Wildman–Crippen MR) is 47.7 cm³/mol. The third kappa shape index (κ3) is 22.7. The summed E-state index contributed by atoms with van der Waals surface area (Å²) in [5.41, 5.74) is 0. The van der Waals surface area contributed by atoms with E-state index in [4.69, 9.17) is 0 Å². The van der Waals surface area contributed by atoms with Gasteiger partial charge in [0.15, 0.2) is 0 Å². The molecule has 10 heavy (non-hydrogen) atoms. The molecule has 0 aliphatic rings. The summed E-state index contributed by atoms with van der Waals surface area (Å²) >= 11 is 0.591. The fraction of sp³-hybridized carbons (Fsp3) is 1.00. The van der Waals surface area contributed by atoms with Gasteiger partial charge in [-0.3, -0.25) is 0 Å². The Morgan fingerprint density at radius 1 is 0.900 bits per heavy atom. The number of hydrogen-bond acceptors (Lipinski definition) is 0. The summed E-state index contributed by atoms with van der Waals surface area (Å²) in [5.74, 6) is 0. The van der Waals surface area contributed by atoms with E-state index in [1.165, 1.54) is 19.0 Å². The van der Waals surface area contributed by atoms with Crippen LogP contribution in [-0.4, -0.2) is 20.9 Å². The fourth-order valence-corrected chi connectivity index (χ4v) is 3.21. The first-order valence-electron chi connectivity index (χ1n) is 4.41. The van der Waals surface area contributed by atoms with Gasteiger partial charge < -0.3 is 0 Å². The predicted octanol–water partition coefficient (Wildman–Crippen LogP) is 3.51. The Labute approximate surface area is 84.2 Å². The molecule has 0 saturated carbocycles. The molecule has 0 radical (unpaired) electrons. The van der Waals surface area contributed by atoms with Gasteiger partial charge in [-0.15, -0.1) is 0 Å². The average Bonchev–Trinajstić information content (AvgIpc) is 1.93. The Morgan fingerprint density at radius 3 is 1.30 bits per heavy atom. The van der Waals surface area contributed by atoms with Gasteiger partial charge >= 0.3 is 84.7 Å². The van der Waals surface area contributed by atoms with Crippen LogP contribution in [0.5, 0.6) is 0 Å². The van der Waals surface area contributed by atoms with E-state index in [1.807, 2.05) is 0 Å². The molecule has 0 saturated heterocycles. The van der Waals surface area contributed by atoms with E-state index in [0.717, 1.165) is 0 Å². The maximum atomic E-state index is 2.30. The molecule has 0 rings (SSSR count). The summed E-state index contributed by atoms with van der Waals surface area (Å²) in [7, 11) is 0. The summed E-state index contributed by atoms with van der Waals surface area (Å²) in [5, 5.41) is 3.06. The quantitative estimate of drug-likeness (QED) is 0.697. The SMILES string of the molecule is CC[Te]CC.C[CH2][Zn][CH2]C. The Balaban J connectivity index is 0. The molecule has 0 unspecified atom stereocenters. The van der Waals surface area contributed by atoms with Crippen molar-refractivity contribution in [3.05, 3.63) is 0 Å². The van der Waals surface area contributed by atoms with E-state index in [0.29, 0.717) is 20.9 Å². The van der Waals surface area contributed by atoms with E-state index in [2.05, 4.69) is 27.7 Å². The molecule has 60 valence electrons. The van der Waals surface area contributed by atoms with Crippen LogP contribution in [0, 0.1) is 0 Å².